The Balaban J connectivity index is 2.60. The predicted octanol–water partition coefficient (Wildman–Crippen LogP) is 2.11. The molecule has 0 unspecified atom stereocenters. The van der Waals surface area contributed by atoms with E-state index in [0.29, 0.717) is 18.0 Å². The minimum atomic E-state index is -0.876. The van der Waals surface area contributed by atoms with Crippen molar-refractivity contribution >= 4 is 17.5 Å². The highest BCUT2D eigenvalue weighted by Gasteiger charge is 2.19. The summed E-state index contributed by atoms with van der Waals surface area (Å²) in [6.45, 7) is 3.67. The Bertz CT molecular complexity index is 399. The molecule has 1 aromatic rings. The number of carbonyl (C=O) groups is 1. The van der Waals surface area contributed by atoms with E-state index >= 15 is 0 Å². The number of benzene rings is 1. The van der Waals surface area contributed by atoms with Crippen LogP contribution in [-0.2, 0) is 11.2 Å². The van der Waals surface area contributed by atoms with Crippen LogP contribution in [0.15, 0.2) is 24.3 Å². The molecule has 0 aliphatic rings. The average molecular weight is 256 g/mol. The van der Waals surface area contributed by atoms with Crippen molar-refractivity contribution < 1.29 is 9.90 Å². The number of nitrogens with zero attached hydrogens (tertiary/aromatic N) is 1. The minimum absolute atomic E-state index is 0.0330. The van der Waals surface area contributed by atoms with Gasteiger partial charge < -0.3 is 10.0 Å². The van der Waals surface area contributed by atoms with Crippen molar-refractivity contribution in [2.24, 2.45) is 0 Å². The number of aliphatic hydroxyl groups is 1. The Morgan fingerprint density at radius 3 is 2.65 bits per heavy atom. The molecule has 0 fully saturated rings. The number of hydrogen-bond donors (Lipinski definition) is 1. The molecule has 0 saturated carbocycles. The van der Waals surface area contributed by atoms with Gasteiger partial charge in [-0.2, -0.15) is 0 Å². The van der Waals surface area contributed by atoms with E-state index in [1.807, 2.05) is 12.1 Å². The molecule has 0 bridgehead atoms. The Labute approximate surface area is 107 Å². The van der Waals surface area contributed by atoms with Gasteiger partial charge in [0.15, 0.2) is 0 Å². The monoisotopic (exact) mass is 255 g/mol. The van der Waals surface area contributed by atoms with Crippen LogP contribution in [-0.4, -0.2) is 35.1 Å². The van der Waals surface area contributed by atoms with Gasteiger partial charge in [0.05, 0.1) is 12.0 Å². The van der Waals surface area contributed by atoms with E-state index < -0.39 is 5.60 Å². The molecule has 94 valence electrons. The first-order valence-corrected chi connectivity index (χ1v) is 5.86. The molecule has 1 amide bonds. The van der Waals surface area contributed by atoms with E-state index in [4.69, 9.17) is 11.6 Å². The molecule has 4 heteroatoms. The second-order valence-corrected chi connectivity index (χ2v) is 5.31. The van der Waals surface area contributed by atoms with Gasteiger partial charge in [-0.3, -0.25) is 4.79 Å². The maximum atomic E-state index is 11.9. The van der Waals surface area contributed by atoms with Crippen LogP contribution >= 0.6 is 11.6 Å². The SMILES string of the molecule is CN(CC(C)(C)O)C(=O)Cc1cccc(Cl)c1. The summed E-state index contributed by atoms with van der Waals surface area (Å²) in [7, 11) is 1.69. The molecule has 0 aliphatic heterocycles. The zero-order valence-corrected chi connectivity index (χ0v) is 11.2. The fraction of sp³-hybridized carbons (Fsp3) is 0.462. The lowest BCUT2D eigenvalue weighted by Crippen LogP contribution is -2.40. The van der Waals surface area contributed by atoms with Gasteiger partial charge in [-0.25, -0.2) is 0 Å². The van der Waals surface area contributed by atoms with E-state index in [2.05, 4.69) is 0 Å². The van der Waals surface area contributed by atoms with Crippen molar-refractivity contribution in [1.82, 2.24) is 4.90 Å². The average Bonchev–Trinajstić information content (AvgIpc) is 2.14. The van der Waals surface area contributed by atoms with Crippen LogP contribution in [0.25, 0.3) is 0 Å². The van der Waals surface area contributed by atoms with Crippen LogP contribution in [0.2, 0.25) is 5.02 Å². The van der Waals surface area contributed by atoms with Crippen LogP contribution in [0.5, 0.6) is 0 Å². The minimum Gasteiger partial charge on any atom is -0.389 e. The number of carbonyl (C=O) groups excluding carboxylic acids is 1. The lowest BCUT2D eigenvalue weighted by molar-refractivity contribution is -0.131. The highest BCUT2D eigenvalue weighted by Crippen LogP contribution is 2.12. The van der Waals surface area contributed by atoms with Crippen molar-refractivity contribution in [3.8, 4) is 0 Å². The van der Waals surface area contributed by atoms with E-state index in [-0.39, 0.29) is 5.91 Å². The van der Waals surface area contributed by atoms with Crippen LogP contribution < -0.4 is 0 Å². The smallest absolute Gasteiger partial charge is 0.226 e. The summed E-state index contributed by atoms with van der Waals surface area (Å²) in [5.74, 6) is -0.0330. The molecule has 17 heavy (non-hydrogen) atoms. The fourth-order valence-corrected chi connectivity index (χ4v) is 1.84. The first-order chi connectivity index (χ1) is 7.78. The third kappa shape index (κ3) is 5.20. The first-order valence-electron chi connectivity index (χ1n) is 5.49. The topological polar surface area (TPSA) is 40.5 Å². The zero-order valence-electron chi connectivity index (χ0n) is 10.4. The number of rotatable bonds is 4. The van der Waals surface area contributed by atoms with E-state index in [0.717, 1.165) is 5.56 Å². The molecule has 0 heterocycles. The molecule has 0 spiro atoms. The molecular formula is C13H18ClNO2. The second kappa shape index (κ2) is 5.52. The molecule has 0 aromatic heterocycles. The van der Waals surface area contributed by atoms with Crippen molar-refractivity contribution in [1.29, 1.82) is 0 Å². The van der Waals surface area contributed by atoms with Crippen LogP contribution in [0.1, 0.15) is 19.4 Å². The highest BCUT2D eigenvalue weighted by molar-refractivity contribution is 6.30. The summed E-state index contributed by atoms with van der Waals surface area (Å²) in [6, 6.07) is 7.23. The van der Waals surface area contributed by atoms with Crippen molar-refractivity contribution in [3.05, 3.63) is 34.9 Å². The standard InChI is InChI=1S/C13H18ClNO2/c1-13(2,17)9-15(3)12(16)8-10-5-4-6-11(14)7-10/h4-7,17H,8-9H2,1-3H3. The van der Waals surface area contributed by atoms with Gasteiger partial charge in [-0.1, -0.05) is 23.7 Å². The van der Waals surface area contributed by atoms with Gasteiger partial charge in [-0.05, 0) is 31.5 Å². The highest BCUT2D eigenvalue weighted by atomic mass is 35.5. The molecule has 1 aromatic carbocycles. The van der Waals surface area contributed by atoms with Crippen molar-refractivity contribution in [3.63, 3.8) is 0 Å². The Kier molecular flexibility index (Phi) is 4.54. The Morgan fingerprint density at radius 1 is 1.47 bits per heavy atom. The third-order valence-corrected chi connectivity index (χ3v) is 2.53. The Morgan fingerprint density at radius 2 is 2.12 bits per heavy atom. The third-order valence-electron chi connectivity index (χ3n) is 2.29. The van der Waals surface area contributed by atoms with E-state index in [9.17, 15) is 9.90 Å². The predicted molar refractivity (Wildman–Crippen MR) is 69.1 cm³/mol. The first kappa shape index (κ1) is 14.0. The molecule has 0 saturated heterocycles. The second-order valence-electron chi connectivity index (χ2n) is 4.87. The molecule has 1 rings (SSSR count). The molecule has 0 aliphatic carbocycles. The molecule has 3 nitrogen and oxygen atoms in total. The summed E-state index contributed by atoms with van der Waals surface area (Å²) in [6.07, 6.45) is 0.299. The lowest BCUT2D eigenvalue weighted by Gasteiger charge is -2.25. The normalized spacial score (nSPS) is 11.4. The van der Waals surface area contributed by atoms with Crippen LogP contribution in [0.3, 0.4) is 0 Å². The summed E-state index contributed by atoms with van der Waals surface area (Å²) in [5.41, 5.74) is 0.00347. The molecule has 0 radical (unpaired) electrons. The fourth-order valence-electron chi connectivity index (χ4n) is 1.63. The van der Waals surface area contributed by atoms with E-state index in [1.165, 1.54) is 4.90 Å². The summed E-state index contributed by atoms with van der Waals surface area (Å²) in [4.78, 5) is 13.4. The summed E-state index contributed by atoms with van der Waals surface area (Å²) < 4.78 is 0. The maximum absolute atomic E-state index is 11.9. The number of halogens is 1. The number of amides is 1. The summed E-state index contributed by atoms with van der Waals surface area (Å²) >= 11 is 5.85. The van der Waals surface area contributed by atoms with Gasteiger partial charge >= 0.3 is 0 Å². The number of likely N-dealkylation sites (N-methyl/N-ethyl adjacent to an activating group) is 1. The molecule has 0 atom stereocenters. The van der Waals surface area contributed by atoms with Gasteiger partial charge in [0.1, 0.15) is 0 Å². The van der Waals surface area contributed by atoms with Gasteiger partial charge in [0, 0.05) is 18.6 Å². The zero-order chi connectivity index (χ0) is 13.1. The quantitative estimate of drug-likeness (QED) is 0.895. The molecule has 1 N–H and O–H groups in total. The lowest BCUT2D eigenvalue weighted by atomic mass is 10.1. The van der Waals surface area contributed by atoms with Gasteiger partial charge in [-0.15, -0.1) is 0 Å². The summed E-state index contributed by atoms with van der Waals surface area (Å²) in [5, 5.41) is 10.3. The van der Waals surface area contributed by atoms with Crippen molar-refractivity contribution in [2.75, 3.05) is 13.6 Å². The van der Waals surface area contributed by atoms with E-state index in [1.54, 1.807) is 33.0 Å². The van der Waals surface area contributed by atoms with Gasteiger partial charge in [0.2, 0.25) is 5.91 Å². The molecular weight excluding hydrogens is 238 g/mol. The van der Waals surface area contributed by atoms with Crippen LogP contribution in [0.4, 0.5) is 0 Å². The van der Waals surface area contributed by atoms with Gasteiger partial charge in [0.25, 0.3) is 0 Å². The number of hydrogen-bond acceptors (Lipinski definition) is 2. The maximum Gasteiger partial charge on any atom is 0.226 e. The Hall–Kier alpha value is -1.06. The van der Waals surface area contributed by atoms with Crippen LogP contribution in [0, 0.1) is 0 Å². The van der Waals surface area contributed by atoms with Crippen molar-refractivity contribution in [2.45, 2.75) is 25.9 Å². The largest absolute Gasteiger partial charge is 0.389 e.